The van der Waals surface area contributed by atoms with E-state index in [2.05, 4.69) is 69.5 Å². The third-order valence-corrected chi connectivity index (χ3v) is 3.04. The Morgan fingerprint density at radius 2 is 1.78 bits per heavy atom. The Kier molecular flexibility index (Phi) is 5.15. The molecule has 3 heteroatoms. The van der Waals surface area contributed by atoms with Gasteiger partial charge >= 0.3 is 0 Å². The van der Waals surface area contributed by atoms with Crippen LogP contribution in [0.5, 0.6) is 0 Å². The summed E-state index contributed by atoms with van der Waals surface area (Å²) in [4.78, 5) is 0. The summed E-state index contributed by atoms with van der Waals surface area (Å²) in [5, 5.41) is 7.10. The Balaban J connectivity index is 2.61. The molecule has 0 aromatic heterocycles. The van der Waals surface area contributed by atoms with Crippen LogP contribution in [0.3, 0.4) is 0 Å². The fraction of sp³-hybridized carbons (Fsp3) is 0.533. The average Bonchev–Trinajstić information content (AvgIpc) is 2.26. The van der Waals surface area contributed by atoms with Gasteiger partial charge in [0, 0.05) is 11.2 Å². The molecule has 2 N–H and O–H groups in total. The summed E-state index contributed by atoms with van der Waals surface area (Å²) in [5.41, 5.74) is 2.39. The molecular weight excluding hydrogens is 240 g/mol. The second kappa shape index (κ2) is 6.19. The molecule has 0 aliphatic carbocycles. The van der Waals surface area contributed by atoms with Gasteiger partial charge in [0.1, 0.15) is 0 Å². The second-order valence-electron chi connectivity index (χ2n) is 5.76. The maximum atomic E-state index is 5.27. The van der Waals surface area contributed by atoms with Gasteiger partial charge in [-0.3, -0.25) is 0 Å². The van der Waals surface area contributed by atoms with Gasteiger partial charge in [0.2, 0.25) is 0 Å². The zero-order chi connectivity index (χ0) is 13.8. The van der Waals surface area contributed by atoms with Crippen LogP contribution >= 0.6 is 12.2 Å². The van der Waals surface area contributed by atoms with Gasteiger partial charge in [-0.05, 0) is 63.0 Å². The number of hydrogen-bond donors (Lipinski definition) is 2. The lowest BCUT2D eigenvalue weighted by atomic mass is 9.99. The standard InChI is InChI=1S/C15H24N2S/c1-6-11(2)12-7-9-13(10-8-12)16-14(18)17-15(3,4)5/h7-11H,6H2,1-5H3,(H2,16,17,18)/t11-/m0/s1. The normalized spacial score (nSPS) is 12.9. The van der Waals surface area contributed by atoms with E-state index in [0.29, 0.717) is 11.0 Å². The van der Waals surface area contributed by atoms with E-state index in [1.807, 2.05) is 0 Å². The van der Waals surface area contributed by atoms with E-state index >= 15 is 0 Å². The smallest absolute Gasteiger partial charge is 0.171 e. The molecule has 0 aliphatic rings. The molecular formula is C15H24N2S. The molecule has 0 saturated carbocycles. The third-order valence-electron chi connectivity index (χ3n) is 2.84. The fourth-order valence-electron chi connectivity index (χ4n) is 1.63. The van der Waals surface area contributed by atoms with Crippen LogP contribution in [0.25, 0.3) is 0 Å². The Bertz CT molecular complexity index is 390. The molecule has 0 bridgehead atoms. The summed E-state index contributed by atoms with van der Waals surface area (Å²) >= 11 is 5.27. The second-order valence-corrected chi connectivity index (χ2v) is 6.17. The van der Waals surface area contributed by atoms with Crippen LogP contribution in [-0.2, 0) is 0 Å². The Morgan fingerprint density at radius 1 is 1.22 bits per heavy atom. The number of hydrogen-bond acceptors (Lipinski definition) is 1. The van der Waals surface area contributed by atoms with Crippen molar-refractivity contribution in [2.75, 3.05) is 5.32 Å². The molecule has 100 valence electrons. The van der Waals surface area contributed by atoms with E-state index in [1.165, 1.54) is 5.56 Å². The lowest BCUT2D eigenvalue weighted by molar-refractivity contribution is 0.515. The monoisotopic (exact) mass is 264 g/mol. The summed E-state index contributed by atoms with van der Waals surface area (Å²) in [6.45, 7) is 10.7. The molecule has 0 unspecified atom stereocenters. The maximum absolute atomic E-state index is 5.27. The van der Waals surface area contributed by atoms with Crippen molar-refractivity contribution in [2.24, 2.45) is 0 Å². The van der Waals surface area contributed by atoms with Crippen LogP contribution in [0.1, 0.15) is 52.5 Å². The largest absolute Gasteiger partial charge is 0.358 e. The highest BCUT2D eigenvalue weighted by molar-refractivity contribution is 7.80. The number of nitrogens with one attached hydrogen (secondary N) is 2. The molecule has 0 radical (unpaired) electrons. The van der Waals surface area contributed by atoms with Crippen molar-refractivity contribution in [1.82, 2.24) is 5.32 Å². The Labute approximate surface area is 116 Å². The molecule has 1 rings (SSSR count). The molecule has 0 saturated heterocycles. The first-order valence-corrected chi connectivity index (χ1v) is 6.92. The molecule has 0 heterocycles. The highest BCUT2D eigenvalue weighted by atomic mass is 32.1. The molecule has 1 atom stereocenters. The van der Waals surface area contributed by atoms with Gasteiger partial charge in [-0.15, -0.1) is 0 Å². The third kappa shape index (κ3) is 5.05. The molecule has 0 spiro atoms. The summed E-state index contributed by atoms with van der Waals surface area (Å²) < 4.78 is 0. The summed E-state index contributed by atoms with van der Waals surface area (Å²) in [6.07, 6.45) is 1.16. The minimum Gasteiger partial charge on any atom is -0.358 e. The minimum atomic E-state index is -0.0131. The molecule has 1 aromatic carbocycles. The van der Waals surface area contributed by atoms with E-state index < -0.39 is 0 Å². The topological polar surface area (TPSA) is 24.1 Å². The Hall–Kier alpha value is -1.09. The number of thiocarbonyl (C=S) groups is 1. The maximum Gasteiger partial charge on any atom is 0.171 e. The zero-order valence-corrected chi connectivity index (χ0v) is 12.8. The van der Waals surface area contributed by atoms with Crippen molar-refractivity contribution in [1.29, 1.82) is 0 Å². The minimum absolute atomic E-state index is 0.0131. The van der Waals surface area contributed by atoms with E-state index in [-0.39, 0.29) is 5.54 Å². The quantitative estimate of drug-likeness (QED) is 0.797. The van der Waals surface area contributed by atoms with E-state index in [4.69, 9.17) is 12.2 Å². The Morgan fingerprint density at radius 3 is 2.22 bits per heavy atom. The van der Waals surface area contributed by atoms with Crippen molar-refractivity contribution in [3.63, 3.8) is 0 Å². The molecule has 0 aliphatic heterocycles. The SMILES string of the molecule is CC[C@H](C)c1ccc(NC(=S)NC(C)(C)C)cc1. The van der Waals surface area contributed by atoms with Crippen LogP contribution < -0.4 is 10.6 Å². The van der Waals surface area contributed by atoms with Crippen LogP contribution in [-0.4, -0.2) is 10.7 Å². The van der Waals surface area contributed by atoms with E-state index in [1.54, 1.807) is 0 Å². The highest BCUT2D eigenvalue weighted by Crippen LogP contribution is 2.20. The van der Waals surface area contributed by atoms with Crippen molar-refractivity contribution in [3.05, 3.63) is 29.8 Å². The van der Waals surface area contributed by atoms with Crippen molar-refractivity contribution in [2.45, 2.75) is 52.5 Å². The lowest BCUT2D eigenvalue weighted by Crippen LogP contribution is -2.42. The van der Waals surface area contributed by atoms with Crippen molar-refractivity contribution in [3.8, 4) is 0 Å². The van der Waals surface area contributed by atoms with E-state index in [9.17, 15) is 0 Å². The molecule has 0 fully saturated rings. The molecule has 2 nitrogen and oxygen atoms in total. The van der Waals surface area contributed by atoms with Gasteiger partial charge in [0.05, 0.1) is 0 Å². The summed E-state index contributed by atoms with van der Waals surface area (Å²) in [5.74, 6) is 0.610. The molecule has 0 amide bonds. The first kappa shape index (κ1) is 15.0. The van der Waals surface area contributed by atoms with Crippen LogP contribution in [0, 0.1) is 0 Å². The average molecular weight is 264 g/mol. The van der Waals surface area contributed by atoms with Crippen molar-refractivity contribution >= 4 is 23.0 Å². The van der Waals surface area contributed by atoms with E-state index in [0.717, 1.165) is 12.1 Å². The predicted octanol–water partition coefficient (Wildman–Crippen LogP) is 4.29. The lowest BCUT2D eigenvalue weighted by Gasteiger charge is -2.23. The van der Waals surface area contributed by atoms with Gasteiger partial charge in [-0.25, -0.2) is 0 Å². The van der Waals surface area contributed by atoms with Gasteiger partial charge in [-0.1, -0.05) is 26.0 Å². The van der Waals surface area contributed by atoms with Crippen molar-refractivity contribution < 1.29 is 0 Å². The van der Waals surface area contributed by atoms with Gasteiger partial charge in [-0.2, -0.15) is 0 Å². The highest BCUT2D eigenvalue weighted by Gasteiger charge is 2.11. The van der Waals surface area contributed by atoms with Crippen LogP contribution in [0.4, 0.5) is 5.69 Å². The fourth-order valence-corrected chi connectivity index (χ4v) is 2.06. The molecule has 1 aromatic rings. The summed E-state index contributed by atoms with van der Waals surface area (Å²) in [7, 11) is 0. The molecule has 18 heavy (non-hydrogen) atoms. The number of rotatable bonds is 3. The van der Waals surface area contributed by atoms with Crippen LogP contribution in [0.15, 0.2) is 24.3 Å². The number of benzene rings is 1. The van der Waals surface area contributed by atoms with Gasteiger partial charge in [0.25, 0.3) is 0 Å². The first-order valence-electron chi connectivity index (χ1n) is 6.51. The first-order chi connectivity index (χ1) is 8.31. The number of anilines is 1. The summed E-state index contributed by atoms with van der Waals surface area (Å²) in [6, 6.07) is 8.49. The zero-order valence-electron chi connectivity index (χ0n) is 12.0. The van der Waals surface area contributed by atoms with Gasteiger partial charge in [0.15, 0.2) is 5.11 Å². The van der Waals surface area contributed by atoms with Crippen LogP contribution in [0.2, 0.25) is 0 Å². The van der Waals surface area contributed by atoms with Gasteiger partial charge < -0.3 is 10.6 Å². The predicted molar refractivity (Wildman–Crippen MR) is 84.3 cm³/mol.